The Hall–Kier alpha value is -1.93. The van der Waals surface area contributed by atoms with E-state index in [0.717, 1.165) is 38.3 Å². The van der Waals surface area contributed by atoms with Gasteiger partial charge in [0.15, 0.2) is 5.96 Å². The van der Waals surface area contributed by atoms with Crippen LogP contribution in [0.1, 0.15) is 18.1 Å². The minimum Gasteiger partial charge on any atom is -0.434 e. The molecule has 1 saturated heterocycles. The van der Waals surface area contributed by atoms with E-state index in [0.29, 0.717) is 24.1 Å². The van der Waals surface area contributed by atoms with E-state index >= 15 is 0 Å². The van der Waals surface area contributed by atoms with Gasteiger partial charge >= 0.3 is 6.61 Å². The number of piperazine rings is 1. The quantitative estimate of drug-likeness (QED) is 0.556. The molecule has 2 rings (SSSR count). The molecular formula is C19H31F2N5O. The number of benzene rings is 1. The molecule has 0 amide bonds. The second-order valence-electron chi connectivity index (χ2n) is 6.98. The van der Waals surface area contributed by atoms with Gasteiger partial charge in [-0.2, -0.15) is 8.78 Å². The molecule has 8 heteroatoms. The molecule has 1 aliphatic heterocycles. The normalized spacial score (nSPS) is 17.8. The number of nitrogens with one attached hydrogen (secondary N) is 2. The lowest BCUT2D eigenvalue weighted by Gasteiger charge is -2.36. The molecule has 0 spiro atoms. The van der Waals surface area contributed by atoms with Gasteiger partial charge in [0.2, 0.25) is 0 Å². The molecule has 1 aliphatic rings. The Balaban J connectivity index is 1.86. The van der Waals surface area contributed by atoms with Crippen LogP contribution in [0.3, 0.4) is 0 Å². The minimum absolute atomic E-state index is 0.185. The summed E-state index contributed by atoms with van der Waals surface area (Å²) >= 11 is 0. The second-order valence-corrected chi connectivity index (χ2v) is 6.98. The summed E-state index contributed by atoms with van der Waals surface area (Å²) in [5, 5.41) is 6.50. The van der Waals surface area contributed by atoms with Crippen molar-refractivity contribution in [3.8, 4) is 5.75 Å². The first-order chi connectivity index (χ1) is 12.9. The first-order valence-corrected chi connectivity index (χ1v) is 9.30. The summed E-state index contributed by atoms with van der Waals surface area (Å²) in [6.45, 7) is 6.67. The highest BCUT2D eigenvalue weighted by molar-refractivity contribution is 5.79. The monoisotopic (exact) mass is 383 g/mol. The van der Waals surface area contributed by atoms with Gasteiger partial charge in [0.25, 0.3) is 0 Å². The molecule has 1 unspecified atom stereocenters. The summed E-state index contributed by atoms with van der Waals surface area (Å²) in [6, 6.07) is 5.55. The molecule has 0 aromatic heterocycles. The molecule has 27 heavy (non-hydrogen) atoms. The van der Waals surface area contributed by atoms with Crippen LogP contribution in [0.2, 0.25) is 0 Å². The molecule has 2 N–H and O–H groups in total. The standard InChI is InChI=1S/C19H31F2N5O/c1-14-5-6-17(27-18(20)21)16(11-14)13-24-19(22-3)23-12-15(2)26-9-7-25(4)8-10-26/h5-6,11,15,18H,7-10,12-13H2,1-4H3,(H2,22,23,24). The van der Waals surface area contributed by atoms with Crippen molar-refractivity contribution >= 4 is 5.96 Å². The van der Waals surface area contributed by atoms with Crippen LogP contribution >= 0.6 is 0 Å². The number of guanidine groups is 1. The molecule has 6 nitrogen and oxygen atoms in total. The molecular weight excluding hydrogens is 352 g/mol. The van der Waals surface area contributed by atoms with Crippen LogP contribution in [0.5, 0.6) is 5.75 Å². The molecule has 0 aliphatic carbocycles. The number of likely N-dealkylation sites (N-methyl/N-ethyl adjacent to an activating group) is 1. The van der Waals surface area contributed by atoms with E-state index in [-0.39, 0.29) is 5.75 Å². The predicted molar refractivity (Wildman–Crippen MR) is 105 cm³/mol. The number of halogens is 2. The summed E-state index contributed by atoms with van der Waals surface area (Å²) in [5.41, 5.74) is 1.66. The largest absolute Gasteiger partial charge is 0.434 e. The number of rotatable bonds is 7. The molecule has 1 fully saturated rings. The number of alkyl halides is 2. The zero-order valence-electron chi connectivity index (χ0n) is 16.6. The summed E-state index contributed by atoms with van der Waals surface area (Å²) in [4.78, 5) is 9.01. The lowest BCUT2D eigenvalue weighted by atomic mass is 10.1. The fourth-order valence-corrected chi connectivity index (χ4v) is 3.09. The van der Waals surface area contributed by atoms with Gasteiger partial charge in [-0.25, -0.2) is 0 Å². The smallest absolute Gasteiger partial charge is 0.387 e. The Kier molecular flexibility index (Phi) is 8.24. The van der Waals surface area contributed by atoms with E-state index in [2.05, 4.69) is 44.1 Å². The van der Waals surface area contributed by atoms with Crippen LogP contribution in [-0.4, -0.2) is 75.2 Å². The van der Waals surface area contributed by atoms with Crippen molar-refractivity contribution in [1.82, 2.24) is 20.4 Å². The van der Waals surface area contributed by atoms with E-state index in [1.54, 1.807) is 19.2 Å². The molecule has 152 valence electrons. The average Bonchev–Trinajstić information content (AvgIpc) is 2.64. The van der Waals surface area contributed by atoms with E-state index in [4.69, 9.17) is 0 Å². The molecule has 1 heterocycles. The third kappa shape index (κ3) is 6.95. The highest BCUT2D eigenvalue weighted by Gasteiger charge is 2.19. The number of aliphatic imine (C=N–C) groups is 1. The van der Waals surface area contributed by atoms with Gasteiger partial charge in [-0.1, -0.05) is 17.7 Å². The maximum Gasteiger partial charge on any atom is 0.387 e. The summed E-state index contributed by atoms with van der Waals surface area (Å²) in [6.07, 6.45) is 0. The maximum absolute atomic E-state index is 12.6. The average molecular weight is 383 g/mol. The van der Waals surface area contributed by atoms with Gasteiger partial charge < -0.3 is 20.3 Å². The Labute approximate surface area is 160 Å². The first-order valence-electron chi connectivity index (χ1n) is 9.30. The highest BCUT2D eigenvalue weighted by Crippen LogP contribution is 2.21. The zero-order chi connectivity index (χ0) is 19.8. The topological polar surface area (TPSA) is 52.1 Å². The highest BCUT2D eigenvalue weighted by atomic mass is 19.3. The van der Waals surface area contributed by atoms with Crippen molar-refractivity contribution in [2.45, 2.75) is 33.0 Å². The number of ether oxygens (including phenoxy) is 1. The van der Waals surface area contributed by atoms with Gasteiger partial charge in [0.1, 0.15) is 5.75 Å². The van der Waals surface area contributed by atoms with Crippen LogP contribution in [0.15, 0.2) is 23.2 Å². The fourth-order valence-electron chi connectivity index (χ4n) is 3.09. The number of aryl methyl sites for hydroxylation is 1. The third-order valence-corrected chi connectivity index (χ3v) is 4.83. The molecule has 0 radical (unpaired) electrons. The van der Waals surface area contributed by atoms with Crippen molar-refractivity contribution < 1.29 is 13.5 Å². The fraction of sp³-hybridized carbons (Fsp3) is 0.632. The maximum atomic E-state index is 12.6. The lowest BCUT2D eigenvalue weighted by molar-refractivity contribution is -0.0504. The predicted octanol–water partition coefficient (Wildman–Crippen LogP) is 1.90. The Morgan fingerprint density at radius 3 is 2.56 bits per heavy atom. The Morgan fingerprint density at radius 1 is 1.22 bits per heavy atom. The summed E-state index contributed by atoms with van der Waals surface area (Å²) < 4.78 is 29.8. The van der Waals surface area contributed by atoms with Crippen molar-refractivity contribution in [2.75, 3.05) is 46.8 Å². The lowest BCUT2D eigenvalue weighted by Crippen LogP contribution is -2.52. The van der Waals surface area contributed by atoms with Crippen LogP contribution in [-0.2, 0) is 6.54 Å². The van der Waals surface area contributed by atoms with Crippen molar-refractivity contribution in [2.24, 2.45) is 4.99 Å². The SMILES string of the molecule is CN=C(NCc1cc(C)ccc1OC(F)F)NCC(C)N1CCN(C)CC1. The van der Waals surface area contributed by atoms with Gasteiger partial charge in [-0.05, 0) is 27.0 Å². The van der Waals surface area contributed by atoms with E-state index in [1.165, 1.54) is 0 Å². The van der Waals surface area contributed by atoms with Gasteiger partial charge in [0.05, 0.1) is 0 Å². The number of hydrogen-bond acceptors (Lipinski definition) is 4. The van der Waals surface area contributed by atoms with Crippen LogP contribution in [0, 0.1) is 6.92 Å². The van der Waals surface area contributed by atoms with Gasteiger partial charge in [-0.15, -0.1) is 0 Å². The first kappa shape index (κ1) is 21.4. The molecule has 1 aromatic carbocycles. The minimum atomic E-state index is -2.84. The van der Waals surface area contributed by atoms with E-state index in [9.17, 15) is 8.78 Å². The molecule has 0 saturated carbocycles. The van der Waals surface area contributed by atoms with E-state index < -0.39 is 6.61 Å². The molecule has 1 aromatic rings. The zero-order valence-corrected chi connectivity index (χ0v) is 16.6. The Bertz CT molecular complexity index is 618. The van der Waals surface area contributed by atoms with E-state index in [1.807, 2.05) is 13.0 Å². The van der Waals surface area contributed by atoms with Crippen LogP contribution in [0.4, 0.5) is 8.78 Å². The third-order valence-electron chi connectivity index (χ3n) is 4.83. The van der Waals surface area contributed by atoms with Gasteiger partial charge in [0, 0.05) is 57.9 Å². The van der Waals surface area contributed by atoms with Crippen LogP contribution < -0.4 is 15.4 Å². The molecule has 1 atom stereocenters. The number of hydrogen-bond donors (Lipinski definition) is 2. The van der Waals surface area contributed by atoms with Crippen LogP contribution in [0.25, 0.3) is 0 Å². The van der Waals surface area contributed by atoms with Gasteiger partial charge in [-0.3, -0.25) is 9.89 Å². The summed E-state index contributed by atoms with van der Waals surface area (Å²) in [5.74, 6) is 0.824. The second kappa shape index (κ2) is 10.4. The Morgan fingerprint density at radius 2 is 1.93 bits per heavy atom. The van der Waals surface area contributed by atoms with Crippen molar-refractivity contribution in [1.29, 1.82) is 0 Å². The van der Waals surface area contributed by atoms with Crippen molar-refractivity contribution in [3.05, 3.63) is 29.3 Å². The van der Waals surface area contributed by atoms with Crippen molar-refractivity contribution in [3.63, 3.8) is 0 Å². The summed E-state index contributed by atoms with van der Waals surface area (Å²) in [7, 11) is 3.84. The molecule has 0 bridgehead atoms. The number of nitrogens with zero attached hydrogens (tertiary/aromatic N) is 3.